The molecule has 0 aromatic heterocycles. The van der Waals surface area contributed by atoms with Crippen LogP contribution in [0, 0.1) is 125 Å². The van der Waals surface area contributed by atoms with E-state index in [9.17, 15) is 0 Å². The zero-order valence-electron chi connectivity index (χ0n) is 41.9. The van der Waals surface area contributed by atoms with Gasteiger partial charge >= 0.3 is 35.0 Å². The van der Waals surface area contributed by atoms with E-state index in [0.717, 1.165) is 0 Å². The van der Waals surface area contributed by atoms with Crippen LogP contribution in [-0.4, -0.2) is 0 Å². The van der Waals surface area contributed by atoms with Gasteiger partial charge in [0.05, 0.1) is 0 Å². The number of rotatable bonds is 12. The van der Waals surface area contributed by atoms with Crippen LogP contribution in [0.3, 0.4) is 0 Å². The van der Waals surface area contributed by atoms with E-state index < -0.39 is 31.7 Å². The molecule has 0 amide bonds. The van der Waals surface area contributed by atoms with Gasteiger partial charge in [-0.1, -0.05) is 243 Å². The number of halogens is 2. The van der Waals surface area contributed by atoms with E-state index in [-0.39, 0.29) is 50.1 Å². The van der Waals surface area contributed by atoms with Crippen molar-refractivity contribution in [1.82, 2.24) is 0 Å². The van der Waals surface area contributed by atoms with Crippen molar-refractivity contribution in [3.05, 3.63) is 368 Å². The van der Waals surface area contributed by atoms with Gasteiger partial charge < -0.3 is 0 Å². The minimum Gasteiger partial charge on any atom is 0 e. The van der Waals surface area contributed by atoms with Crippen molar-refractivity contribution in [3.8, 4) is 0 Å². The zero-order valence-corrected chi connectivity index (χ0v) is 50.8. The molecular formula is C68H56Cl2Fe2P4Pd. The molecule has 0 nitrogen and oxygen atoms in total. The third-order valence-electron chi connectivity index (χ3n) is 11.7. The molecule has 4 saturated carbocycles. The Balaban J connectivity index is 0.000000162. The summed E-state index contributed by atoms with van der Waals surface area (Å²) in [7, 11) is 7.99. The van der Waals surface area contributed by atoms with E-state index in [0.29, 0.717) is 0 Å². The SMILES string of the molecule is [CH]1[CH][CH][C](P(c2ccccc2)c2ccccc2)[CH]1.[CH]1[CH][CH][C](P(c2ccccc2)c2ccccc2)[CH]1.[CH]1[CH][CH][C](P(c2ccccc2)c2ccccc2)[CH]1.[CH]1[CH][CH][C](P(c2ccccc2)c2ccccc2)[CH]1.[Cl][Pd][Cl].[Fe].[Fe]. The molecule has 0 atom stereocenters. The molecule has 8 aromatic carbocycles. The molecule has 0 aliphatic heterocycles. The van der Waals surface area contributed by atoms with Crippen molar-refractivity contribution < 1.29 is 50.1 Å². The number of benzene rings is 8. The smallest absolute Gasteiger partial charge is 0 e. The van der Waals surface area contributed by atoms with Crippen molar-refractivity contribution in [1.29, 1.82) is 0 Å². The quantitative estimate of drug-likeness (QED) is 0.0845. The van der Waals surface area contributed by atoms with Gasteiger partial charge in [0, 0.05) is 56.8 Å². The van der Waals surface area contributed by atoms with Crippen LogP contribution in [0.4, 0.5) is 0 Å². The number of hydrogen-bond acceptors (Lipinski definition) is 0. The maximum atomic E-state index is 4.81. The standard InChI is InChI=1S/4C17H14P.2ClH.2Fe.Pd/c4*1-3-9-15(10-4-1)18(17-13-7-8-14-17)16-11-5-2-6-12-16;;;;;/h4*1-14H;2*1H;;;/q;;;;;;;;+2/p-2. The van der Waals surface area contributed by atoms with Crippen LogP contribution in [0.25, 0.3) is 0 Å². The molecule has 77 heavy (non-hydrogen) atoms. The fraction of sp³-hybridized carbons (Fsp3) is 0. The summed E-state index contributed by atoms with van der Waals surface area (Å²) in [4.78, 5) is 0. The first-order chi connectivity index (χ1) is 37.2. The summed E-state index contributed by atoms with van der Waals surface area (Å²) >= 11 is -0.106. The van der Waals surface area contributed by atoms with E-state index in [4.69, 9.17) is 19.1 Å². The first kappa shape index (κ1) is 63.9. The predicted molar refractivity (Wildman–Crippen MR) is 330 cm³/mol. The molecule has 20 radical (unpaired) electrons. The first-order valence-corrected chi connectivity index (χ1v) is 33.9. The van der Waals surface area contributed by atoms with Gasteiger partial charge in [0.2, 0.25) is 0 Å². The monoisotopic (exact) mass is 1280 g/mol. The van der Waals surface area contributed by atoms with Crippen LogP contribution in [0.5, 0.6) is 0 Å². The van der Waals surface area contributed by atoms with E-state index in [1.54, 1.807) is 0 Å². The molecule has 0 bridgehead atoms. The summed E-state index contributed by atoms with van der Waals surface area (Å²) in [6, 6.07) is 86.2. The molecular weight excluding hydrogens is 1230 g/mol. The molecule has 388 valence electrons. The Morgan fingerprint density at radius 3 is 0.403 bits per heavy atom. The Hall–Kier alpha value is -2.24. The van der Waals surface area contributed by atoms with Crippen molar-refractivity contribution in [3.63, 3.8) is 0 Å². The van der Waals surface area contributed by atoms with Crippen LogP contribution in [0.2, 0.25) is 0 Å². The summed E-state index contributed by atoms with van der Waals surface area (Å²) in [5.41, 5.74) is 5.68. The fourth-order valence-electron chi connectivity index (χ4n) is 8.46. The molecule has 0 N–H and O–H groups in total. The largest absolute Gasteiger partial charge is 0 e. The average molecular weight is 1290 g/mol. The van der Waals surface area contributed by atoms with Crippen LogP contribution in [0.1, 0.15) is 0 Å². The van der Waals surface area contributed by atoms with Crippen molar-refractivity contribution in [2.24, 2.45) is 0 Å². The molecule has 0 spiro atoms. The maximum absolute atomic E-state index is 4.81. The van der Waals surface area contributed by atoms with Crippen molar-refractivity contribution in [2.45, 2.75) is 0 Å². The Labute approximate surface area is 506 Å². The first-order valence-electron chi connectivity index (χ1n) is 24.5. The van der Waals surface area contributed by atoms with E-state index in [1.165, 1.54) is 65.1 Å². The van der Waals surface area contributed by atoms with Crippen LogP contribution in [0.15, 0.2) is 243 Å². The second-order valence-corrected chi connectivity index (χ2v) is 27.9. The third kappa shape index (κ3) is 20.0. The third-order valence-corrected chi connectivity index (χ3v) is 21.5. The van der Waals surface area contributed by atoms with Crippen molar-refractivity contribution in [2.75, 3.05) is 0 Å². The summed E-state index contributed by atoms with van der Waals surface area (Å²) in [6.45, 7) is 0. The van der Waals surface area contributed by atoms with Gasteiger partial charge in [0.15, 0.2) is 0 Å². The fourth-order valence-corrected chi connectivity index (χ4v) is 17.7. The molecule has 0 heterocycles. The second kappa shape index (κ2) is 37.0. The Morgan fingerprint density at radius 1 is 0.195 bits per heavy atom. The Morgan fingerprint density at radius 2 is 0.299 bits per heavy atom. The van der Waals surface area contributed by atoms with Gasteiger partial charge in [0.25, 0.3) is 0 Å². The minimum absolute atomic E-state index is 0. The Kier molecular flexibility index (Phi) is 30.7. The van der Waals surface area contributed by atoms with E-state index in [2.05, 4.69) is 345 Å². The van der Waals surface area contributed by atoms with Gasteiger partial charge in [-0.05, 0) is 177 Å². The second-order valence-electron chi connectivity index (χ2n) is 16.6. The molecule has 4 fully saturated rings. The molecule has 9 heteroatoms. The van der Waals surface area contributed by atoms with Gasteiger partial charge in [-0.3, -0.25) is 0 Å². The van der Waals surface area contributed by atoms with E-state index in [1.807, 2.05) is 0 Å². The van der Waals surface area contributed by atoms with Gasteiger partial charge in [0.1, 0.15) is 0 Å². The predicted octanol–water partition coefficient (Wildman–Crippen LogP) is 15.3. The molecule has 4 aliphatic carbocycles. The summed E-state index contributed by atoms with van der Waals surface area (Å²) in [5.74, 6) is 0. The van der Waals surface area contributed by atoms with Crippen LogP contribution in [-0.2, 0) is 50.1 Å². The topological polar surface area (TPSA) is 0 Å². The molecule has 0 saturated heterocycles. The molecule has 8 aromatic rings. The summed E-state index contributed by atoms with van der Waals surface area (Å²) in [5, 5.41) is 11.3. The van der Waals surface area contributed by atoms with Gasteiger partial charge in [-0.2, -0.15) is 0 Å². The Bertz CT molecular complexity index is 2160. The molecule has 4 aliphatic rings. The molecule has 0 unspecified atom stereocenters. The summed E-state index contributed by atoms with van der Waals surface area (Å²) in [6.07, 6.45) is 34.8. The van der Waals surface area contributed by atoms with Gasteiger partial charge in [-0.25, -0.2) is 0 Å². The van der Waals surface area contributed by atoms with Crippen LogP contribution < -0.4 is 42.4 Å². The van der Waals surface area contributed by atoms with Crippen LogP contribution >= 0.6 is 50.7 Å². The normalized spacial score (nSPS) is 15.5. The zero-order chi connectivity index (χ0) is 51.5. The molecule has 12 rings (SSSR count). The van der Waals surface area contributed by atoms with Crippen molar-refractivity contribution >= 4 is 93.2 Å². The van der Waals surface area contributed by atoms with E-state index >= 15 is 0 Å². The van der Waals surface area contributed by atoms with Gasteiger partial charge in [-0.15, -0.1) is 0 Å². The minimum atomic E-state index is -0.409. The average Bonchev–Trinajstić information content (AvgIpc) is 4.37. The number of hydrogen-bond donors (Lipinski definition) is 0. The summed E-state index contributed by atoms with van der Waals surface area (Å²) < 4.78 is 0. The maximum Gasteiger partial charge on any atom is 0 e.